The molecule has 2 aliphatic rings. The van der Waals surface area contributed by atoms with Crippen LogP contribution in [0.15, 0.2) is 29.3 Å². The molecule has 2 aliphatic heterocycles. The summed E-state index contributed by atoms with van der Waals surface area (Å²) in [5, 5.41) is 3.22. The molecule has 0 amide bonds. The van der Waals surface area contributed by atoms with Crippen LogP contribution < -0.4 is 11.1 Å². The van der Waals surface area contributed by atoms with Crippen molar-refractivity contribution in [2.24, 2.45) is 16.6 Å². The number of ether oxygens (including phenoxy) is 1. The highest BCUT2D eigenvalue weighted by molar-refractivity contribution is 5.77. The van der Waals surface area contributed by atoms with E-state index in [-0.39, 0.29) is 0 Å². The van der Waals surface area contributed by atoms with Gasteiger partial charge in [-0.25, -0.2) is 4.99 Å². The third-order valence-corrected chi connectivity index (χ3v) is 5.80. The molecule has 0 saturated carbocycles. The predicted octanol–water partition coefficient (Wildman–Crippen LogP) is 2.05. The Kier molecular flexibility index (Phi) is 8.58. The SMILES string of the molecule is CC1CCN(Cc2ccc(CN=C(N)NCCCN3CCOCC3)cc2)CC1. The van der Waals surface area contributed by atoms with Crippen LogP contribution in [0.4, 0.5) is 0 Å². The molecule has 0 bridgehead atoms. The highest BCUT2D eigenvalue weighted by Gasteiger charge is 2.15. The molecule has 3 rings (SSSR count). The summed E-state index contributed by atoms with van der Waals surface area (Å²) in [6.45, 7) is 12.2. The van der Waals surface area contributed by atoms with Gasteiger partial charge < -0.3 is 15.8 Å². The van der Waals surface area contributed by atoms with Crippen molar-refractivity contribution in [3.63, 3.8) is 0 Å². The van der Waals surface area contributed by atoms with E-state index >= 15 is 0 Å². The van der Waals surface area contributed by atoms with E-state index in [1.54, 1.807) is 0 Å². The van der Waals surface area contributed by atoms with Crippen molar-refractivity contribution in [2.45, 2.75) is 39.3 Å². The zero-order valence-electron chi connectivity index (χ0n) is 17.4. The standard InChI is InChI=1S/C22H37N5O/c1-19-7-11-27(12-8-19)18-21-5-3-20(4-6-21)17-25-22(23)24-9-2-10-26-13-15-28-16-14-26/h3-6,19H,2,7-18H2,1H3,(H3,23,24,25). The molecule has 0 aromatic heterocycles. The number of guanidine groups is 1. The number of hydrogen-bond acceptors (Lipinski definition) is 4. The average molecular weight is 388 g/mol. The van der Waals surface area contributed by atoms with Crippen molar-refractivity contribution in [1.82, 2.24) is 15.1 Å². The number of hydrogen-bond donors (Lipinski definition) is 2. The van der Waals surface area contributed by atoms with Gasteiger partial charge in [-0.15, -0.1) is 0 Å². The Bertz CT molecular complexity index is 589. The van der Waals surface area contributed by atoms with Gasteiger partial charge in [0, 0.05) is 26.2 Å². The molecule has 28 heavy (non-hydrogen) atoms. The Morgan fingerprint density at radius 2 is 1.75 bits per heavy atom. The van der Waals surface area contributed by atoms with Gasteiger partial charge in [0.05, 0.1) is 19.8 Å². The molecule has 0 unspecified atom stereocenters. The molecule has 1 aromatic rings. The van der Waals surface area contributed by atoms with Gasteiger partial charge in [-0.3, -0.25) is 9.80 Å². The van der Waals surface area contributed by atoms with Gasteiger partial charge in [0.25, 0.3) is 0 Å². The Morgan fingerprint density at radius 1 is 1.07 bits per heavy atom. The molecule has 6 heteroatoms. The first-order valence-corrected chi connectivity index (χ1v) is 10.8. The van der Waals surface area contributed by atoms with Crippen LogP contribution in [0.1, 0.15) is 37.3 Å². The van der Waals surface area contributed by atoms with Gasteiger partial charge >= 0.3 is 0 Å². The molecule has 0 radical (unpaired) electrons. The number of rotatable bonds is 8. The van der Waals surface area contributed by atoms with Crippen LogP contribution in [0.3, 0.4) is 0 Å². The van der Waals surface area contributed by atoms with Crippen molar-refractivity contribution < 1.29 is 4.74 Å². The Hall–Kier alpha value is -1.63. The van der Waals surface area contributed by atoms with Crippen molar-refractivity contribution in [2.75, 3.05) is 52.5 Å². The third kappa shape index (κ3) is 7.41. The molecule has 0 aliphatic carbocycles. The minimum absolute atomic E-state index is 0.536. The summed E-state index contributed by atoms with van der Waals surface area (Å²) >= 11 is 0. The lowest BCUT2D eigenvalue weighted by molar-refractivity contribution is 0.0376. The summed E-state index contributed by atoms with van der Waals surface area (Å²) in [5.74, 6) is 1.42. The zero-order chi connectivity index (χ0) is 19.6. The predicted molar refractivity (Wildman–Crippen MR) is 115 cm³/mol. The molecular weight excluding hydrogens is 350 g/mol. The maximum absolute atomic E-state index is 6.00. The van der Waals surface area contributed by atoms with Crippen LogP contribution in [0.2, 0.25) is 0 Å². The molecule has 2 saturated heterocycles. The number of nitrogens with zero attached hydrogens (tertiary/aromatic N) is 3. The Balaban J connectivity index is 1.32. The van der Waals surface area contributed by atoms with Gasteiger partial charge in [-0.05, 0) is 55.9 Å². The van der Waals surface area contributed by atoms with Crippen LogP contribution >= 0.6 is 0 Å². The van der Waals surface area contributed by atoms with E-state index in [2.05, 4.69) is 51.3 Å². The van der Waals surface area contributed by atoms with Gasteiger partial charge in [0.15, 0.2) is 5.96 Å². The van der Waals surface area contributed by atoms with Crippen molar-refractivity contribution in [1.29, 1.82) is 0 Å². The van der Waals surface area contributed by atoms with Crippen LogP contribution in [-0.4, -0.2) is 68.2 Å². The molecule has 0 atom stereocenters. The van der Waals surface area contributed by atoms with Crippen LogP contribution in [0, 0.1) is 5.92 Å². The number of piperidine rings is 1. The van der Waals surface area contributed by atoms with E-state index in [4.69, 9.17) is 10.5 Å². The fourth-order valence-electron chi connectivity index (χ4n) is 3.80. The monoisotopic (exact) mass is 387 g/mol. The van der Waals surface area contributed by atoms with E-state index < -0.39 is 0 Å². The molecule has 2 fully saturated rings. The molecular formula is C22H37N5O. The highest BCUT2D eigenvalue weighted by Crippen LogP contribution is 2.18. The quantitative estimate of drug-likeness (QED) is 0.406. The normalized spacial score (nSPS) is 20.4. The maximum atomic E-state index is 6.00. The van der Waals surface area contributed by atoms with Crippen LogP contribution in [0.5, 0.6) is 0 Å². The summed E-state index contributed by atoms with van der Waals surface area (Å²) in [5.41, 5.74) is 8.59. The van der Waals surface area contributed by atoms with Gasteiger partial charge in [-0.2, -0.15) is 0 Å². The van der Waals surface area contributed by atoms with E-state index in [9.17, 15) is 0 Å². The Labute approximate surface area is 170 Å². The van der Waals surface area contributed by atoms with Crippen LogP contribution in [0.25, 0.3) is 0 Å². The Morgan fingerprint density at radius 3 is 2.46 bits per heavy atom. The van der Waals surface area contributed by atoms with Gasteiger partial charge in [0.2, 0.25) is 0 Å². The maximum Gasteiger partial charge on any atom is 0.188 e. The van der Waals surface area contributed by atoms with E-state index in [0.717, 1.165) is 58.3 Å². The van der Waals surface area contributed by atoms with E-state index in [1.807, 2.05) is 0 Å². The molecule has 2 heterocycles. The summed E-state index contributed by atoms with van der Waals surface area (Å²) < 4.78 is 5.37. The molecule has 1 aromatic carbocycles. The second-order valence-corrected chi connectivity index (χ2v) is 8.21. The number of benzene rings is 1. The lowest BCUT2D eigenvalue weighted by atomic mass is 9.99. The number of aliphatic imine (C=N–C) groups is 1. The molecule has 156 valence electrons. The lowest BCUT2D eigenvalue weighted by Gasteiger charge is -2.30. The smallest absolute Gasteiger partial charge is 0.188 e. The second kappa shape index (κ2) is 11.4. The number of nitrogens with two attached hydrogens (primary N) is 1. The lowest BCUT2D eigenvalue weighted by Crippen LogP contribution is -2.39. The van der Waals surface area contributed by atoms with Crippen LogP contribution in [-0.2, 0) is 17.8 Å². The number of morpholine rings is 1. The fraction of sp³-hybridized carbons (Fsp3) is 0.682. The first-order chi connectivity index (χ1) is 13.7. The molecule has 0 spiro atoms. The minimum atomic E-state index is 0.536. The highest BCUT2D eigenvalue weighted by atomic mass is 16.5. The van der Waals surface area contributed by atoms with Crippen molar-refractivity contribution >= 4 is 5.96 Å². The van der Waals surface area contributed by atoms with Crippen molar-refractivity contribution in [3.05, 3.63) is 35.4 Å². The average Bonchev–Trinajstić information content (AvgIpc) is 2.73. The summed E-state index contributed by atoms with van der Waals surface area (Å²) in [6, 6.07) is 8.82. The summed E-state index contributed by atoms with van der Waals surface area (Å²) in [4.78, 5) is 9.47. The minimum Gasteiger partial charge on any atom is -0.379 e. The van der Waals surface area contributed by atoms with Gasteiger partial charge in [-0.1, -0.05) is 31.2 Å². The molecule has 6 nitrogen and oxygen atoms in total. The van der Waals surface area contributed by atoms with E-state index in [0.29, 0.717) is 12.5 Å². The van der Waals surface area contributed by atoms with Gasteiger partial charge in [0.1, 0.15) is 0 Å². The number of nitrogens with one attached hydrogen (secondary N) is 1. The second-order valence-electron chi connectivity index (χ2n) is 8.21. The summed E-state index contributed by atoms with van der Waals surface area (Å²) in [7, 11) is 0. The number of likely N-dealkylation sites (tertiary alicyclic amines) is 1. The first-order valence-electron chi connectivity index (χ1n) is 10.8. The summed E-state index contributed by atoms with van der Waals surface area (Å²) in [6.07, 6.45) is 3.72. The zero-order valence-corrected chi connectivity index (χ0v) is 17.4. The topological polar surface area (TPSA) is 66.1 Å². The third-order valence-electron chi connectivity index (χ3n) is 5.80. The molecule has 3 N–H and O–H groups in total. The fourth-order valence-corrected chi connectivity index (χ4v) is 3.80. The van der Waals surface area contributed by atoms with Crippen molar-refractivity contribution in [3.8, 4) is 0 Å². The first kappa shape index (κ1) is 21.1. The largest absolute Gasteiger partial charge is 0.379 e. The van der Waals surface area contributed by atoms with E-state index in [1.165, 1.54) is 37.1 Å².